The fraction of sp³-hybridized carbons (Fsp3) is 0.167. The molecule has 222 valence electrons. The molecule has 0 aromatic heterocycles. The van der Waals surface area contributed by atoms with E-state index in [9.17, 15) is 55.9 Å². The van der Waals surface area contributed by atoms with Crippen molar-refractivity contribution in [3.63, 3.8) is 0 Å². The first-order valence-corrected chi connectivity index (χ1v) is 12.8. The van der Waals surface area contributed by atoms with E-state index >= 15 is 0 Å². The lowest BCUT2D eigenvalue weighted by Gasteiger charge is -2.38. The van der Waals surface area contributed by atoms with Gasteiger partial charge >= 0.3 is 0 Å². The molecule has 10 N–H and O–H groups in total. The van der Waals surface area contributed by atoms with Gasteiger partial charge in [-0.1, -0.05) is 12.1 Å². The van der Waals surface area contributed by atoms with Crippen LogP contribution < -0.4 is 9.47 Å². The van der Waals surface area contributed by atoms with Crippen LogP contribution in [0.2, 0.25) is 0 Å². The first-order chi connectivity index (χ1) is 20.4. The second kappa shape index (κ2) is 9.79. The Kier molecular flexibility index (Phi) is 6.29. The molecule has 43 heavy (non-hydrogen) atoms. The SMILES string of the molecule is O=C1c2c(cc(O)c([C@H]3c4ccc(O)cc4O[C@H](c4ccc(O)c(O)c4)[C@H]3O)c2O)O[C@@H](c2cc(O)c(O)c(O)c2)[C@@H]1O. The Hall–Kier alpha value is -5.53. The summed E-state index contributed by atoms with van der Waals surface area (Å²) in [6, 6.07) is 10.5. The van der Waals surface area contributed by atoms with Crippen LogP contribution in [-0.2, 0) is 0 Å². The van der Waals surface area contributed by atoms with Crippen molar-refractivity contribution in [3.05, 3.63) is 82.4 Å². The molecule has 2 aliphatic rings. The van der Waals surface area contributed by atoms with Crippen LogP contribution in [0.15, 0.2) is 54.6 Å². The van der Waals surface area contributed by atoms with Crippen molar-refractivity contribution in [1.29, 1.82) is 0 Å². The summed E-state index contributed by atoms with van der Waals surface area (Å²) < 4.78 is 11.6. The Bertz CT molecular complexity index is 1780. The van der Waals surface area contributed by atoms with E-state index in [1.165, 1.54) is 30.3 Å². The first-order valence-electron chi connectivity index (χ1n) is 12.8. The molecular weight excluding hydrogens is 568 g/mol. The predicted molar refractivity (Wildman–Crippen MR) is 144 cm³/mol. The third-order valence-electron chi connectivity index (χ3n) is 7.64. The second-order valence-corrected chi connectivity index (χ2v) is 10.3. The number of aliphatic hydroxyl groups excluding tert-OH is 2. The topological polar surface area (TPSA) is 238 Å². The fourth-order valence-electron chi connectivity index (χ4n) is 5.57. The summed E-state index contributed by atoms with van der Waals surface area (Å²) in [5.74, 6) is -7.60. The van der Waals surface area contributed by atoms with Gasteiger partial charge in [0.25, 0.3) is 0 Å². The molecule has 0 aliphatic carbocycles. The minimum absolute atomic E-state index is 0.0407. The van der Waals surface area contributed by atoms with Crippen LogP contribution in [0, 0.1) is 0 Å². The van der Waals surface area contributed by atoms with Gasteiger partial charge in [-0.15, -0.1) is 0 Å². The normalized spacial score (nSPS) is 22.7. The van der Waals surface area contributed by atoms with Gasteiger partial charge in [0.05, 0.1) is 0 Å². The molecule has 4 aromatic rings. The molecule has 0 saturated carbocycles. The van der Waals surface area contributed by atoms with E-state index in [2.05, 4.69) is 0 Å². The van der Waals surface area contributed by atoms with Crippen LogP contribution in [0.5, 0.6) is 57.5 Å². The maximum Gasteiger partial charge on any atom is 0.202 e. The van der Waals surface area contributed by atoms with E-state index in [1.54, 1.807) is 0 Å². The van der Waals surface area contributed by atoms with Gasteiger partial charge in [-0.05, 0) is 35.9 Å². The van der Waals surface area contributed by atoms with Crippen molar-refractivity contribution in [1.82, 2.24) is 0 Å². The number of phenolic OH excluding ortho intramolecular Hbond substituents is 8. The number of aromatic hydroxyl groups is 8. The highest BCUT2D eigenvalue weighted by Crippen LogP contribution is 2.54. The minimum atomic E-state index is -1.98. The van der Waals surface area contributed by atoms with E-state index in [1.807, 2.05) is 0 Å². The summed E-state index contributed by atoms with van der Waals surface area (Å²) in [6.45, 7) is 0. The van der Waals surface area contributed by atoms with Gasteiger partial charge in [-0.3, -0.25) is 4.79 Å². The first kappa shape index (κ1) is 27.6. The molecule has 2 heterocycles. The number of rotatable bonds is 3. The molecule has 13 nitrogen and oxygen atoms in total. The molecule has 0 amide bonds. The van der Waals surface area contributed by atoms with Gasteiger partial charge < -0.3 is 60.5 Å². The third-order valence-corrected chi connectivity index (χ3v) is 7.64. The van der Waals surface area contributed by atoms with Crippen molar-refractivity contribution in [2.24, 2.45) is 0 Å². The van der Waals surface area contributed by atoms with Gasteiger partial charge in [0.15, 0.2) is 47.1 Å². The predicted octanol–water partition coefficient (Wildman–Crippen LogP) is 2.64. The van der Waals surface area contributed by atoms with E-state index in [4.69, 9.17) is 9.47 Å². The van der Waals surface area contributed by atoms with E-state index < -0.39 is 81.9 Å². The largest absolute Gasteiger partial charge is 0.508 e. The maximum absolute atomic E-state index is 13.4. The number of benzene rings is 4. The number of fused-ring (bicyclic) bond motifs is 2. The summed E-state index contributed by atoms with van der Waals surface area (Å²) in [5.41, 5.74) is -0.570. The number of hydrogen-bond donors (Lipinski definition) is 10. The van der Waals surface area contributed by atoms with Crippen LogP contribution in [0.25, 0.3) is 0 Å². The number of phenols is 8. The van der Waals surface area contributed by atoms with Gasteiger partial charge in [-0.25, -0.2) is 0 Å². The van der Waals surface area contributed by atoms with E-state index in [-0.39, 0.29) is 39.5 Å². The number of aliphatic hydroxyl groups is 2. The Morgan fingerprint density at radius 1 is 0.581 bits per heavy atom. The molecule has 0 bridgehead atoms. The standard InChI is InChI=1S/C30H24O13/c31-12-2-3-13-19(8-12)42-29(10-1-4-14(32)15(33)5-10)27(40)21(13)22-16(34)9-20-23(25(22)38)26(39)28(41)30(43-20)11-6-17(35)24(37)18(36)7-11/h1-9,21,27-38,40-41H/t21-,27+,28-,29-,30+/m1/s1. The number of ether oxygens (including phenoxy) is 2. The molecular formula is C30H24O13. The summed E-state index contributed by atoms with van der Waals surface area (Å²) in [6.07, 6.45) is -6.35. The molecule has 0 radical (unpaired) electrons. The molecule has 0 fully saturated rings. The monoisotopic (exact) mass is 592 g/mol. The molecule has 13 heteroatoms. The van der Waals surface area contributed by atoms with E-state index in [0.717, 1.165) is 24.3 Å². The Morgan fingerprint density at radius 2 is 1.23 bits per heavy atom. The lowest BCUT2D eigenvalue weighted by atomic mass is 9.78. The van der Waals surface area contributed by atoms with E-state index in [0.29, 0.717) is 0 Å². The van der Waals surface area contributed by atoms with Crippen molar-refractivity contribution < 1.29 is 65.3 Å². The smallest absolute Gasteiger partial charge is 0.202 e. The molecule has 2 aliphatic heterocycles. The number of carbonyl (C=O) groups is 1. The summed E-state index contributed by atoms with van der Waals surface area (Å²) >= 11 is 0. The van der Waals surface area contributed by atoms with Crippen molar-refractivity contribution in [3.8, 4) is 57.5 Å². The quantitative estimate of drug-likeness (QED) is 0.154. The van der Waals surface area contributed by atoms with Crippen LogP contribution in [-0.4, -0.2) is 69.1 Å². The van der Waals surface area contributed by atoms with Crippen LogP contribution in [0.1, 0.15) is 50.7 Å². The third kappa shape index (κ3) is 4.29. The van der Waals surface area contributed by atoms with Gasteiger partial charge in [-0.2, -0.15) is 0 Å². The number of carbonyl (C=O) groups excluding carboxylic acids is 1. The number of Topliss-reactive ketones (excluding diaryl/α,β-unsaturated/α-hetero) is 1. The number of hydrogen-bond acceptors (Lipinski definition) is 13. The zero-order chi connectivity index (χ0) is 30.9. The van der Waals surface area contributed by atoms with Crippen molar-refractivity contribution >= 4 is 5.78 Å². The van der Waals surface area contributed by atoms with Crippen molar-refractivity contribution in [2.45, 2.75) is 30.3 Å². The summed E-state index contributed by atoms with van der Waals surface area (Å²) in [7, 11) is 0. The summed E-state index contributed by atoms with van der Waals surface area (Å²) in [4.78, 5) is 13.4. The molecule has 0 saturated heterocycles. The lowest BCUT2D eigenvalue weighted by Crippen LogP contribution is -2.37. The molecule has 0 unspecified atom stereocenters. The van der Waals surface area contributed by atoms with Gasteiger partial charge in [0.2, 0.25) is 5.78 Å². The van der Waals surface area contributed by atoms with Crippen LogP contribution in [0.3, 0.4) is 0 Å². The van der Waals surface area contributed by atoms with Gasteiger partial charge in [0, 0.05) is 34.7 Å². The highest BCUT2D eigenvalue weighted by Gasteiger charge is 2.46. The zero-order valence-corrected chi connectivity index (χ0v) is 21.8. The Labute approximate surface area is 241 Å². The summed E-state index contributed by atoms with van der Waals surface area (Å²) in [5, 5.41) is 104. The van der Waals surface area contributed by atoms with Crippen molar-refractivity contribution in [2.75, 3.05) is 0 Å². The average molecular weight is 593 g/mol. The lowest BCUT2D eigenvalue weighted by molar-refractivity contribution is 0.00688. The highest BCUT2D eigenvalue weighted by atomic mass is 16.5. The van der Waals surface area contributed by atoms with Crippen LogP contribution in [0.4, 0.5) is 0 Å². The second-order valence-electron chi connectivity index (χ2n) is 10.3. The zero-order valence-electron chi connectivity index (χ0n) is 21.8. The minimum Gasteiger partial charge on any atom is -0.508 e. The molecule has 0 spiro atoms. The highest BCUT2D eigenvalue weighted by molar-refractivity contribution is 6.06. The molecule has 5 atom stereocenters. The maximum atomic E-state index is 13.4. The fourth-order valence-corrected chi connectivity index (χ4v) is 5.57. The Balaban J connectivity index is 1.48. The van der Waals surface area contributed by atoms with Crippen LogP contribution >= 0.6 is 0 Å². The molecule has 6 rings (SSSR count). The Morgan fingerprint density at radius 3 is 1.91 bits per heavy atom. The van der Waals surface area contributed by atoms with Gasteiger partial charge in [0.1, 0.15) is 40.4 Å². The average Bonchev–Trinajstić information content (AvgIpc) is 2.95. The molecule has 4 aromatic carbocycles. The number of ketones is 1.